The van der Waals surface area contributed by atoms with Crippen LogP contribution in [0.4, 0.5) is 5.13 Å². The highest BCUT2D eigenvalue weighted by Gasteiger charge is 2.47. The Kier molecular flexibility index (Phi) is 8.15. The lowest BCUT2D eigenvalue weighted by Crippen LogP contribution is -2.31. The number of carbonyl (C=O) groups is 2. The molecule has 40 heavy (non-hydrogen) atoms. The second kappa shape index (κ2) is 11.7. The number of amides is 1. The van der Waals surface area contributed by atoms with Crippen LogP contribution in [0.5, 0.6) is 5.75 Å². The van der Waals surface area contributed by atoms with E-state index in [0.29, 0.717) is 37.0 Å². The molecule has 0 fully saturated rings. The smallest absolute Gasteiger partial charge is 0.296 e. The van der Waals surface area contributed by atoms with Gasteiger partial charge in [-0.1, -0.05) is 83.8 Å². The molecule has 0 bridgehead atoms. The zero-order chi connectivity index (χ0) is 28.4. The topological polar surface area (TPSA) is 106 Å². The van der Waals surface area contributed by atoms with Gasteiger partial charge in [0.25, 0.3) is 5.91 Å². The van der Waals surface area contributed by atoms with Crippen molar-refractivity contribution in [1.29, 1.82) is 0 Å². The van der Waals surface area contributed by atoms with Gasteiger partial charge in [-0.15, -0.1) is 21.5 Å². The van der Waals surface area contributed by atoms with Crippen LogP contribution in [0.2, 0.25) is 0 Å². The number of ether oxygens (including phenoxy) is 1. The van der Waals surface area contributed by atoms with Gasteiger partial charge < -0.3 is 9.84 Å². The van der Waals surface area contributed by atoms with Crippen LogP contribution >= 0.6 is 34.4 Å². The summed E-state index contributed by atoms with van der Waals surface area (Å²) in [4.78, 5) is 33.6. The highest BCUT2D eigenvalue weighted by molar-refractivity contribution is 8.00. The molecule has 2 aromatic carbocycles. The van der Waals surface area contributed by atoms with Crippen molar-refractivity contribution in [3.63, 3.8) is 0 Å². The Hall–Kier alpha value is -3.80. The summed E-state index contributed by atoms with van der Waals surface area (Å²) in [6.45, 7) is 9.52. The highest BCUT2D eigenvalue weighted by atomic mass is 32.2. The average Bonchev–Trinajstić information content (AvgIpc) is 3.62. The molecule has 204 valence electrons. The van der Waals surface area contributed by atoms with Crippen molar-refractivity contribution in [3.05, 3.63) is 105 Å². The number of aromatic nitrogens is 3. The number of aryl methyl sites for hydroxylation is 3. The van der Waals surface area contributed by atoms with Crippen molar-refractivity contribution in [3.8, 4) is 5.75 Å². The number of hydrogen-bond donors (Lipinski definition) is 1. The molecule has 3 heterocycles. The number of aliphatic hydroxyl groups is 1. The summed E-state index contributed by atoms with van der Waals surface area (Å²) in [5, 5.41) is 20.7. The van der Waals surface area contributed by atoms with Crippen LogP contribution in [-0.2, 0) is 10.5 Å². The number of nitrogens with zero attached hydrogens (tertiary/aromatic N) is 4. The first-order chi connectivity index (χ1) is 19.3. The van der Waals surface area contributed by atoms with Gasteiger partial charge in [-0.3, -0.25) is 14.5 Å². The molecule has 1 N–H and O–H groups in total. The Bertz CT molecular complexity index is 1620. The molecule has 1 atom stereocenters. The average molecular weight is 591 g/mol. The maximum Gasteiger partial charge on any atom is 0.296 e. The maximum atomic E-state index is 13.9. The lowest BCUT2D eigenvalue weighted by molar-refractivity contribution is -0.117. The van der Waals surface area contributed by atoms with E-state index < -0.39 is 23.5 Å². The summed E-state index contributed by atoms with van der Waals surface area (Å²) in [5.41, 5.74) is 3.35. The first-order valence-corrected chi connectivity index (χ1v) is 15.0. The molecule has 0 aliphatic carbocycles. The fourth-order valence-electron chi connectivity index (χ4n) is 4.37. The standard InChI is InChI=1S/C29H26N4O4S3/c1-5-14-37-21-9-7-6-8-20(21)23-22(24(34)26-17(3)30-18(4)39-26)25(35)27(36)33(23)28-31-32-29(40-28)38-15-19-12-10-16(2)11-13-19/h5-13,23,35H,1,14-15H2,2-4H3. The molecular formula is C29H26N4O4S3. The van der Waals surface area contributed by atoms with Crippen molar-refractivity contribution in [2.75, 3.05) is 11.5 Å². The molecule has 1 aliphatic heterocycles. The van der Waals surface area contributed by atoms with E-state index in [2.05, 4.69) is 46.0 Å². The van der Waals surface area contributed by atoms with Crippen LogP contribution in [0.1, 0.15) is 43.1 Å². The Morgan fingerprint density at radius 3 is 2.58 bits per heavy atom. The van der Waals surface area contributed by atoms with Crippen LogP contribution in [-0.4, -0.2) is 38.6 Å². The minimum absolute atomic E-state index is 0.0459. The van der Waals surface area contributed by atoms with E-state index in [9.17, 15) is 14.7 Å². The van der Waals surface area contributed by atoms with Gasteiger partial charge in [0.05, 0.1) is 21.2 Å². The molecule has 4 aromatic rings. The number of thiazole rings is 1. The minimum atomic E-state index is -0.981. The van der Waals surface area contributed by atoms with Gasteiger partial charge in [0.15, 0.2) is 10.1 Å². The summed E-state index contributed by atoms with van der Waals surface area (Å²) >= 11 is 3.96. The predicted octanol–water partition coefficient (Wildman–Crippen LogP) is 6.56. The van der Waals surface area contributed by atoms with Crippen LogP contribution in [0.3, 0.4) is 0 Å². The summed E-state index contributed by atoms with van der Waals surface area (Å²) in [6, 6.07) is 14.4. The lowest BCUT2D eigenvalue weighted by atomic mass is 9.94. The van der Waals surface area contributed by atoms with E-state index in [1.165, 1.54) is 44.9 Å². The van der Waals surface area contributed by atoms with Gasteiger partial charge in [-0.2, -0.15) is 0 Å². The van der Waals surface area contributed by atoms with Crippen LogP contribution in [0, 0.1) is 20.8 Å². The SMILES string of the molecule is C=CCOc1ccccc1C1C(C(=O)c2sc(C)nc2C)=C(O)C(=O)N1c1nnc(SCc2ccc(C)cc2)s1. The minimum Gasteiger partial charge on any atom is -0.503 e. The molecule has 0 spiro atoms. The molecule has 8 nitrogen and oxygen atoms in total. The third-order valence-corrected chi connectivity index (χ3v) is 9.42. The summed E-state index contributed by atoms with van der Waals surface area (Å²) < 4.78 is 6.56. The number of ketones is 1. The number of carbonyl (C=O) groups excluding carboxylic acids is 2. The molecule has 1 aliphatic rings. The van der Waals surface area contributed by atoms with E-state index in [1.54, 1.807) is 37.3 Å². The number of aliphatic hydroxyl groups excluding tert-OH is 1. The van der Waals surface area contributed by atoms with Crippen molar-refractivity contribution in [2.45, 2.75) is 36.9 Å². The number of Topliss-reactive ketones (excluding diaryl/α,β-unsaturated/α-hetero) is 1. The van der Waals surface area contributed by atoms with Crippen LogP contribution in [0.25, 0.3) is 0 Å². The molecule has 5 rings (SSSR count). The lowest BCUT2D eigenvalue weighted by Gasteiger charge is -2.25. The molecule has 0 saturated carbocycles. The Morgan fingerprint density at radius 2 is 1.88 bits per heavy atom. The predicted molar refractivity (Wildman–Crippen MR) is 159 cm³/mol. The molecule has 11 heteroatoms. The van der Waals surface area contributed by atoms with Gasteiger partial charge >= 0.3 is 0 Å². The number of thioether (sulfide) groups is 1. The fourth-order valence-corrected chi connectivity index (χ4v) is 7.06. The van der Waals surface area contributed by atoms with Gasteiger partial charge in [-0.05, 0) is 32.4 Å². The van der Waals surface area contributed by atoms with Gasteiger partial charge in [-0.25, -0.2) is 4.98 Å². The van der Waals surface area contributed by atoms with E-state index in [-0.39, 0.29) is 17.3 Å². The van der Waals surface area contributed by atoms with Crippen molar-refractivity contribution >= 4 is 51.3 Å². The van der Waals surface area contributed by atoms with E-state index in [0.717, 1.165) is 5.56 Å². The summed E-state index contributed by atoms with van der Waals surface area (Å²) in [5.74, 6) is -0.665. The Balaban J connectivity index is 1.54. The first kappa shape index (κ1) is 27.8. The molecule has 0 saturated heterocycles. The zero-order valence-electron chi connectivity index (χ0n) is 22.1. The third-order valence-electron chi connectivity index (χ3n) is 6.22. The van der Waals surface area contributed by atoms with Crippen molar-refractivity contribution in [2.24, 2.45) is 0 Å². The van der Waals surface area contributed by atoms with E-state index >= 15 is 0 Å². The number of hydrogen-bond acceptors (Lipinski definition) is 10. The molecule has 2 aromatic heterocycles. The number of para-hydroxylation sites is 1. The van der Waals surface area contributed by atoms with E-state index in [1.807, 2.05) is 13.8 Å². The monoisotopic (exact) mass is 590 g/mol. The number of benzene rings is 2. The molecule has 0 radical (unpaired) electrons. The van der Waals surface area contributed by atoms with Crippen LogP contribution in [0.15, 0.2) is 76.9 Å². The maximum absolute atomic E-state index is 13.9. The molecule has 1 amide bonds. The quantitative estimate of drug-likeness (QED) is 0.0958. The molecule has 1 unspecified atom stereocenters. The Morgan fingerprint density at radius 1 is 1.12 bits per heavy atom. The van der Waals surface area contributed by atoms with E-state index in [4.69, 9.17) is 4.74 Å². The third kappa shape index (κ3) is 5.45. The van der Waals surface area contributed by atoms with Crippen LogP contribution < -0.4 is 9.64 Å². The largest absolute Gasteiger partial charge is 0.503 e. The van der Waals surface area contributed by atoms with Crippen molar-refractivity contribution < 1.29 is 19.4 Å². The van der Waals surface area contributed by atoms with Gasteiger partial charge in [0.1, 0.15) is 18.4 Å². The Labute approximate surface area is 244 Å². The zero-order valence-corrected chi connectivity index (χ0v) is 24.5. The van der Waals surface area contributed by atoms with Gasteiger partial charge in [0.2, 0.25) is 10.9 Å². The normalized spacial score (nSPS) is 15.1. The first-order valence-electron chi connectivity index (χ1n) is 12.4. The fraction of sp³-hybridized carbons (Fsp3) is 0.207. The van der Waals surface area contributed by atoms with Crippen molar-refractivity contribution in [1.82, 2.24) is 15.2 Å². The highest BCUT2D eigenvalue weighted by Crippen LogP contribution is 2.46. The second-order valence-electron chi connectivity index (χ2n) is 9.08. The molecular weight excluding hydrogens is 565 g/mol. The van der Waals surface area contributed by atoms with Gasteiger partial charge in [0, 0.05) is 11.3 Å². The second-order valence-corrected chi connectivity index (χ2v) is 12.5. The summed E-state index contributed by atoms with van der Waals surface area (Å²) in [6.07, 6.45) is 1.61. The number of anilines is 1. The number of rotatable bonds is 10. The summed E-state index contributed by atoms with van der Waals surface area (Å²) in [7, 11) is 0.